The molecule has 2 aliphatic rings. The third-order valence-corrected chi connectivity index (χ3v) is 4.21. The number of rotatable bonds is 1. The number of thioether (sulfide) groups is 2. The summed E-state index contributed by atoms with van der Waals surface area (Å²) in [6.07, 6.45) is 1.79. The maximum Gasteiger partial charge on any atom is 0.224 e. The van der Waals surface area contributed by atoms with Crippen LogP contribution >= 0.6 is 23.5 Å². The second kappa shape index (κ2) is 3.11. The minimum absolute atomic E-state index is 0.318. The average molecular weight is 187 g/mol. The van der Waals surface area contributed by atoms with Crippen molar-refractivity contribution in [3.8, 4) is 0 Å². The summed E-state index contributed by atoms with van der Waals surface area (Å²) in [6, 6.07) is 0. The maximum atomic E-state index is 11.2. The van der Waals surface area contributed by atoms with E-state index in [-0.39, 0.29) is 0 Å². The number of carbonyl (C=O) groups excluding carboxylic acids is 1. The minimum atomic E-state index is 0.318. The van der Waals surface area contributed by atoms with E-state index in [1.165, 1.54) is 0 Å². The van der Waals surface area contributed by atoms with Gasteiger partial charge in [-0.15, -0.1) is 0 Å². The molecule has 0 N–H and O–H groups in total. The lowest BCUT2D eigenvalue weighted by atomic mass is 10.4. The molecule has 11 heavy (non-hydrogen) atoms. The largest absolute Gasteiger partial charge is 0.321 e. The van der Waals surface area contributed by atoms with Gasteiger partial charge in [0.05, 0.1) is 0 Å². The molecule has 0 spiro atoms. The molecular formula is C7H9NOS2. The number of carbonyl (C=O) groups is 1. The van der Waals surface area contributed by atoms with Gasteiger partial charge in [-0.1, -0.05) is 23.5 Å². The van der Waals surface area contributed by atoms with Crippen LogP contribution in [0.2, 0.25) is 0 Å². The van der Waals surface area contributed by atoms with Crippen molar-refractivity contribution in [3.63, 3.8) is 0 Å². The number of nitrogens with zero attached hydrogens (tertiary/aromatic N) is 1. The van der Waals surface area contributed by atoms with Gasteiger partial charge in [0.1, 0.15) is 4.71 Å². The lowest BCUT2D eigenvalue weighted by Crippen LogP contribution is -2.30. The van der Waals surface area contributed by atoms with E-state index < -0.39 is 0 Å². The van der Waals surface area contributed by atoms with Crippen LogP contribution in [-0.2, 0) is 4.79 Å². The number of hydrogen-bond donors (Lipinski definition) is 0. The Labute approximate surface area is 74.4 Å². The summed E-state index contributed by atoms with van der Waals surface area (Å²) in [5, 5.41) is 4.11. The second-order valence-corrected chi connectivity index (χ2v) is 4.82. The maximum absolute atomic E-state index is 11.2. The van der Waals surface area contributed by atoms with Gasteiger partial charge in [0.25, 0.3) is 0 Å². The SMILES string of the molecule is O=C1CCCN1C1SC=CS1. The summed E-state index contributed by atoms with van der Waals surface area (Å²) in [5.74, 6) is 0.318. The van der Waals surface area contributed by atoms with Crippen LogP contribution in [0, 0.1) is 0 Å². The molecule has 2 heterocycles. The fourth-order valence-electron chi connectivity index (χ4n) is 1.27. The standard InChI is InChI=1S/C7H9NOS2/c9-6-2-1-3-8(6)7-10-4-5-11-7/h4-5,7H,1-3H2. The molecule has 2 nitrogen and oxygen atoms in total. The van der Waals surface area contributed by atoms with Crippen molar-refractivity contribution in [2.75, 3.05) is 6.54 Å². The van der Waals surface area contributed by atoms with Gasteiger partial charge in [-0.25, -0.2) is 0 Å². The Morgan fingerprint density at radius 3 is 2.73 bits per heavy atom. The predicted molar refractivity (Wildman–Crippen MR) is 49.1 cm³/mol. The van der Waals surface area contributed by atoms with Gasteiger partial charge < -0.3 is 4.90 Å². The third-order valence-electron chi connectivity index (χ3n) is 1.81. The van der Waals surface area contributed by atoms with Gasteiger partial charge in [0, 0.05) is 13.0 Å². The predicted octanol–water partition coefficient (Wildman–Crippen LogP) is 1.84. The van der Waals surface area contributed by atoms with Crippen LogP contribution in [0.1, 0.15) is 12.8 Å². The molecule has 2 aliphatic heterocycles. The minimum Gasteiger partial charge on any atom is -0.321 e. The Kier molecular flexibility index (Phi) is 2.13. The van der Waals surface area contributed by atoms with E-state index in [4.69, 9.17) is 0 Å². The quantitative estimate of drug-likeness (QED) is 0.625. The fraction of sp³-hybridized carbons (Fsp3) is 0.571. The molecule has 4 heteroatoms. The van der Waals surface area contributed by atoms with E-state index in [0.717, 1.165) is 19.4 Å². The molecule has 2 rings (SSSR count). The molecular weight excluding hydrogens is 178 g/mol. The van der Waals surface area contributed by atoms with Gasteiger partial charge in [-0.3, -0.25) is 4.79 Å². The van der Waals surface area contributed by atoms with Gasteiger partial charge in [0.2, 0.25) is 5.91 Å². The van der Waals surface area contributed by atoms with E-state index in [9.17, 15) is 4.79 Å². The van der Waals surface area contributed by atoms with Crippen LogP contribution < -0.4 is 0 Å². The molecule has 1 amide bonds. The smallest absolute Gasteiger partial charge is 0.224 e. The topological polar surface area (TPSA) is 20.3 Å². The van der Waals surface area contributed by atoms with Crippen molar-refractivity contribution in [2.45, 2.75) is 17.5 Å². The lowest BCUT2D eigenvalue weighted by Gasteiger charge is -2.21. The van der Waals surface area contributed by atoms with Crippen molar-refractivity contribution < 1.29 is 4.79 Å². The highest BCUT2D eigenvalue weighted by Crippen LogP contribution is 2.37. The van der Waals surface area contributed by atoms with Crippen LogP contribution in [0.15, 0.2) is 10.8 Å². The van der Waals surface area contributed by atoms with Gasteiger partial charge in [-0.2, -0.15) is 0 Å². The zero-order chi connectivity index (χ0) is 7.68. The summed E-state index contributed by atoms with van der Waals surface area (Å²) in [4.78, 5) is 13.2. The van der Waals surface area contributed by atoms with E-state index in [1.54, 1.807) is 23.5 Å². The number of likely N-dealkylation sites (tertiary alicyclic amines) is 1. The third kappa shape index (κ3) is 1.42. The summed E-state index contributed by atoms with van der Waals surface area (Å²) >= 11 is 3.46. The van der Waals surface area contributed by atoms with E-state index in [0.29, 0.717) is 10.6 Å². The molecule has 1 saturated heterocycles. The monoisotopic (exact) mass is 187 g/mol. The first-order valence-corrected chi connectivity index (χ1v) is 5.52. The van der Waals surface area contributed by atoms with E-state index in [2.05, 4.69) is 10.8 Å². The van der Waals surface area contributed by atoms with Crippen LogP contribution in [-0.4, -0.2) is 22.1 Å². The molecule has 60 valence electrons. The van der Waals surface area contributed by atoms with E-state index >= 15 is 0 Å². The van der Waals surface area contributed by atoms with Crippen LogP contribution in [0.25, 0.3) is 0 Å². The van der Waals surface area contributed by atoms with E-state index in [1.807, 2.05) is 4.90 Å². The Balaban J connectivity index is 1.98. The van der Waals surface area contributed by atoms with Crippen LogP contribution in [0.5, 0.6) is 0 Å². The highest BCUT2D eigenvalue weighted by molar-refractivity contribution is 8.22. The first kappa shape index (κ1) is 7.55. The summed E-state index contributed by atoms with van der Waals surface area (Å²) in [5.41, 5.74) is 0. The summed E-state index contributed by atoms with van der Waals surface area (Å²) < 4.78 is 0.338. The lowest BCUT2D eigenvalue weighted by molar-refractivity contribution is -0.127. The molecule has 0 aromatic rings. The molecule has 0 aliphatic carbocycles. The highest BCUT2D eigenvalue weighted by atomic mass is 32.2. The zero-order valence-electron chi connectivity index (χ0n) is 6.03. The molecule has 0 bridgehead atoms. The van der Waals surface area contributed by atoms with Crippen molar-refractivity contribution in [1.29, 1.82) is 0 Å². The van der Waals surface area contributed by atoms with Crippen molar-refractivity contribution in [3.05, 3.63) is 10.8 Å². The number of hydrogen-bond acceptors (Lipinski definition) is 3. The molecule has 0 unspecified atom stereocenters. The first-order chi connectivity index (χ1) is 5.38. The molecule has 0 saturated carbocycles. The molecule has 0 aromatic heterocycles. The summed E-state index contributed by atoms with van der Waals surface area (Å²) in [6.45, 7) is 0.950. The average Bonchev–Trinajstić information content (AvgIpc) is 2.55. The molecule has 0 atom stereocenters. The van der Waals surface area contributed by atoms with Gasteiger partial charge in [-0.05, 0) is 17.2 Å². The van der Waals surface area contributed by atoms with Crippen LogP contribution in [0.3, 0.4) is 0 Å². The summed E-state index contributed by atoms with van der Waals surface area (Å²) in [7, 11) is 0. The van der Waals surface area contributed by atoms with Crippen molar-refractivity contribution >= 4 is 29.4 Å². The second-order valence-electron chi connectivity index (χ2n) is 2.54. The van der Waals surface area contributed by atoms with Crippen LogP contribution in [0.4, 0.5) is 0 Å². The Bertz CT molecular complexity index is 197. The van der Waals surface area contributed by atoms with Crippen molar-refractivity contribution in [1.82, 2.24) is 4.90 Å². The van der Waals surface area contributed by atoms with Gasteiger partial charge in [0.15, 0.2) is 0 Å². The molecule has 0 aromatic carbocycles. The Morgan fingerprint density at radius 2 is 2.18 bits per heavy atom. The molecule has 0 radical (unpaired) electrons. The Hall–Kier alpha value is -0.0900. The zero-order valence-corrected chi connectivity index (χ0v) is 7.66. The fourth-order valence-corrected chi connectivity index (χ4v) is 3.43. The molecule has 1 fully saturated rings. The van der Waals surface area contributed by atoms with Gasteiger partial charge >= 0.3 is 0 Å². The first-order valence-electron chi connectivity index (χ1n) is 3.63. The van der Waals surface area contributed by atoms with Crippen molar-refractivity contribution in [2.24, 2.45) is 0 Å². The normalized spacial score (nSPS) is 25.5. The number of amides is 1. The highest BCUT2D eigenvalue weighted by Gasteiger charge is 2.28. The Morgan fingerprint density at radius 1 is 1.45 bits per heavy atom.